The van der Waals surface area contributed by atoms with E-state index in [1.165, 1.54) is 12.5 Å². The number of aromatic nitrogens is 2. The van der Waals surface area contributed by atoms with Gasteiger partial charge in [0.25, 0.3) is 0 Å². The third-order valence-electron chi connectivity index (χ3n) is 1.50. The van der Waals surface area contributed by atoms with E-state index < -0.39 is 0 Å². The van der Waals surface area contributed by atoms with Gasteiger partial charge in [0.2, 0.25) is 0 Å². The monoisotopic (exact) mass is 168 g/mol. The molecule has 1 aromatic heterocycles. The topological polar surface area (TPSA) is 42.9 Å². The molecule has 64 valence electrons. The summed E-state index contributed by atoms with van der Waals surface area (Å²) in [4.78, 5) is 18.0. The molecule has 0 radical (unpaired) electrons. The second-order valence-electron chi connectivity index (χ2n) is 2.34. The molecule has 0 aliphatic carbocycles. The fourth-order valence-electron chi connectivity index (χ4n) is 0.907. The summed E-state index contributed by atoms with van der Waals surface area (Å²) >= 11 is 0. The largest absolute Gasteiger partial charge is 0.298 e. The number of hydrogen-bond donors (Lipinski definition) is 0. The third kappa shape index (κ3) is 2.08. The maximum Gasteiger partial charge on any atom is 0.153 e. The summed E-state index contributed by atoms with van der Waals surface area (Å²) in [6.45, 7) is -0.387. The number of halogens is 1. The second-order valence-corrected chi connectivity index (χ2v) is 2.34. The minimum atomic E-state index is -0.387. The van der Waals surface area contributed by atoms with Gasteiger partial charge in [0.05, 0.1) is 17.9 Å². The Morgan fingerprint density at radius 2 is 2.42 bits per heavy atom. The molecule has 1 rings (SSSR count). The zero-order valence-electron chi connectivity index (χ0n) is 6.53. The molecule has 0 unspecified atom stereocenters. The molecule has 0 fully saturated rings. The predicted octanol–water partition coefficient (Wildman–Crippen LogP) is 1.19. The number of nitrogens with zero attached hydrogens (tertiary/aromatic N) is 2. The summed E-state index contributed by atoms with van der Waals surface area (Å²) in [6, 6.07) is 0. The molecule has 0 saturated carbocycles. The molecule has 12 heavy (non-hydrogen) atoms. The molecule has 0 atom stereocenters. The summed E-state index contributed by atoms with van der Waals surface area (Å²) in [6.07, 6.45) is 4.38. The van der Waals surface area contributed by atoms with Crippen molar-refractivity contribution < 1.29 is 9.18 Å². The molecular weight excluding hydrogens is 159 g/mol. The van der Waals surface area contributed by atoms with Crippen LogP contribution in [0.2, 0.25) is 0 Å². The van der Waals surface area contributed by atoms with Crippen LogP contribution in [-0.4, -0.2) is 22.9 Å². The summed E-state index contributed by atoms with van der Waals surface area (Å²) < 4.78 is 11.8. The molecule has 1 aromatic rings. The Hall–Kier alpha value is -1.32. The zero-order valence-corrected chi connectivity index (χ0v) is 6.53. The van der Waals surface area contributed by atoms with E-state index in [0.29, 0.717) is 30.4 Å². The van der Waals surface area contributed by atoms with Gasteiger partial charge >= 0.3 is 0 Å². The van der Waals surface area contributed by atoms with Gasteiger partial charge in [-0.3, -0.25) is 9.18 Å². The van der Waals surface area contributed by atoms with E-state index in [1.807, 2.05) is 0 Å². The Bertz CT molecular complexity index is 265. The lowest BCUT2D eigenvalue weighted by molar-refractivity contribution is 0.112. The molecule has 0 saturated heterocycles. The molecule has 0 N–H and O–H groups in total. The Morgan fingerprint density at radius 1 is 1.58 bits per heavy atom. The van der Waals surface area contributed by atoms with Crippen LogP contribution in [0.15, 0.2) is 12.5 Å². The molecule has 3 nitrogen and oxygen atoms in total. The van der Waals surface area contributed by atoms with E-state index in [-0.39, 0.29) is 6.67 Å². The van der Waals surface area contributed by atoms with Crippen LogP contribution >= 0.6 is 0 Å². The first-order chi connectivity index (χ1) is 5.88. The summed E-state index contributed by atoms with van der Waals surface area (Å²) in [5, 5.41) is 0. The van der Waals surface area contributed by atoms with E-state index in [2.05, 4.69) is 9.97 Å². The molecular formula is C8H9FN2O. The van der Waals surface area contributed by atoms with Crippen LogP contribution in [-0.2, 0) is 6.42 Å². The van der Waals surface area contributed by atoms with E-state index in [0.717, 1.165) is 0 Å². The van der Waals surface area contributed by atoms with Gasteiger partial charge in [0.15, 0.2) is 6.29 Å². The van der Waals surface area contributed by atoms with Gasteiger partial charge in [-0.2, -0.15) is 0 Å². The highest BCUT2D eigenvalue weighted by Gasteiger charge is 2.01. The second kappa shape index (κ2) is 4.54. The highest BCUT2D eigenvalue weighted by molar-refractivity contribution is 5.75. The van der Waals surface area contributed by atoms with Crippen molar-refractivity contribution >= 4 is 6.29 Å². The zero-order chi connectivity index (χ0) is 8.81. The fraction of sp³-hybridized carbons (Fsp3) is 0.375. The standard InChI is InChI=1S/C8H9FN2O/c9-3-1-2-8-7(5-12)4-10-6-11-8/h4-6H,1-3H2. The SMILES string of the molecule is O=Cc1cncnc1CCCF. The molecule has 0 amide bonds. The number of alkyl halides is 1. The van der Waals surface area contributed by atoms with Gasteiger partial charge in [-0.15, -0.1) is 0 Å². The molecule has 0 bridgehead atoms. The number of rotatable bonds is 4. The summed E-state index contributed by atoms with van der Waals surface area (Å²) in [5.41, 5.74) is 1.07. The number of carbonyl (C=O) groups excluding carboxylic acids is 1. The normalized spacial score (nSPS) is 9.75. The first kappa shape index (κ1) is 8.77. The number of carbonyl (C=O) groups is 1. The van der Waals surface area contributed by atoms with Crippen molar-refractivity contribution in [3.05, 3.63) is 23.8 Å². The Labute approximate surface area is 69.7 Å². The van der Waals surface area contributed by atoms with Crippen LogP contribution in [0.4, 0.5) is 4.39 Å². The molecule has 0 spiro atoms. The smallest absolute Gasteiger partial charge is 0.153 e. The maximum absolute atomic E-state index is 11.8. The van der Waals surface area contributed by atoms with Crippen molar-refractivity contribution in [1.82, 2.24) is 9.97 Å². The first-order valence-electron chi connectivity index (χ1n) is 3.68. The molecule has 0 aliphatic heterocycles. The quantitative estimate of drug-likeness (QED) is 0.634. The summed E-state index contributed by atoms with van der Waals surface area (Å²) in [7, 11) is 0. The summed E-state index contributed by atoms with van der Waals surface area (Å²) in [5.74, 6) is 0. The number of hydrogen-bond acceptors (Lipinski definition) is 3. The van der Waals surface area contributed by atoms with E-state index in [4.69, 9.17) is 0 Å². The van der Waals surface area contributed by atoms with Gasteiger partial charge in [0.1, 0.15) is 6.33 Å². The van der Waals surface area contributed by atoms with E-state index in [9.17, 15) is 9.18 Å². The highest BCUT2D eigenvalue weighted by Crippen LogP contribution is 2.03. The van der Waals surface area contributed by atoms with Crippen molar-refractivity contribution in [2.45, 2.75) is 12.8 Å². The van der Waals surface area contributed by atoms with E-state index >= 15 is 0 Å². The van der Waals surface area contributed by atoms with Crippen LogP contribution in [0.5, 0.6) is 0 Å². The van der Waals surface area contributed by atoms with Crippen LogP contribution < -0.4 is 0 Å². The van der Waals surface area contributed by atoms with Crippen molar-refractivity contribution in [2.24, 2.45) is 0 Å². The average molecular weight is 168 g/mol. The lowest BCUT2D eigenvalue weighted by Gasteiger charge is -1.99. The van der Waals surface area contributed by atoms with Crippen molar-refractivity contribution in [3.8, 4) is 0 Å². The molecule has 0 aromatic carbocycles. The minimum absolute atomic E-state index is 0.387. The minimum Gasteiger partial charge on any atom is -0.298 e. The predicted molar refractivity (Wildman–Crippen MR) is 41.7 cm³/mol. The molecule has 1 heterocycles. The number of aldehydes is 1. The van der Waals surface area contributed by atoms with Crippen molar-refractivity contribution in [3.63, 3.8) is 0 Å². The Morgan fingerprint density at radius 3 is 3.08 bits per heavy atom. The van der Waals surface area contributed by atoms with Crippen molar-refractivity contribution in [1.29, 1.82) is 0 Å². The van der Waals surface area contributed by atoms with E-state index in [1.54, 1.807) is 0 Å². The molecule has 0 aliphatic rings. The highest BCUT2D eigenvalue weighted by atomic mass is 19.1. The van der Waals surface area contributed by atoms with Gasteiger partial charge < -0.3 is 0 Å². The lowest BCUT2D eigenvalue weighted by atomic mass is 10.1. The Balaban J connectivity index is 2.75. The van der Waals surface area contributed by atoms with Crippen LogP contribution in [0.1, 0.15) is 22.5 Å². The maximum atomic E-state index is 11.8. The molecule has 4 heteroatoms. The Kier molecular flexibility index (Phi) is 3.32. The van der Waals surface area contributed by atoms with Gasteiger partial charge in [0, 0.05) is 6.20 Å². The third-order valence-corrected chi connectivity index (χ3v) is 1.50. The number of aryl methyl sites for hydroxylation is 1. The first-order valence-corrected chi connectivity index (χ1v) is 3.68. The average Bonchev–Trinajstić information content (AvgIpc) is 2.15. The fourth-order valence-corrected chi connectivity index (χ4v) is 0.907. The van der Waals surface area contributed by atoms with Crippen LogP contribution in [0.3, 0.4) is 0 Å². The van der Waals surface area contributed by atoms with Crippen LogP contribution in [0, 0.1) is 0 Å². The lowest BCUT2D eigenvalue weighted by Crippen LogP contribution is -1.98. The van der Waals surface area contributed by atoms with Gasteiger partial charge in [-0.05, 0) is 12.8 Å². The van der Waals surface area contributed by atoms with Gasteiger partial charge in [-0.1, -0.05) is 0 Å². The van der Waals surface area contributed by atoms with Crippen molar-refractivity contribution in [2.75, 3.05) is 6.67 Å². The van der Waals surface area contributed by atoms with Gasteiger partial charge in [-0.25, -0.2) is 9.97 Å². The van der Waals surface area contributed by atoms with Crippen LogP contribution in [0.25, 0.3) is 0 Å².